The minimum atomic E-state index is -2.60. The van der Waals surface area contributed by atoms with Crippen molar-refractivity contribution < 1.29 is 18.1 Å². The third-order valence-corrected chi connectivity index (χ3v) is 5.02. The van der Waals surface area contributed by atoms with E-state index in [1.54, 1.807) is 0 Å². The molecule has 26 heavy (non-hydrogen) atoms. The third-order valence-electron chi connectivity index (χ3n) is 5.02. The van der Waals surface area contributed by atoms with Crippen LogP contribution in [-0.4, -0.2) is 17.9 Å². The molecule has 0 bridgehead atoms. The maximum Gasteiger partial charge on any atom is 0.311 e. The highest BCUT2D eigenvalue weighted by Crippen LogP contribution is 2.33. The summed E-state index contributed by atoms with van der Waals surface area (Å²) >= 11 is 0. The Hall–Kier alpha value is -2.70. The van der Waals surface area contributed by atoms with E-state index < -0.39 is 12.1 Å². The van der Waals surface area contributed by atoms with Crippen LogP contribution in [0.4, 0.5) is 8.78 Å². The van der Waals surface area contributed by atoms with Crippen molar-refractivity contribution in [2.24, 2.45) is 0 Å². The fourth-order valence-corrected chi connectivity index (χ4v) is 3.61. The van der Waals surface area contributed by atoms with Gasteiger partial charge in [-0.3, -0.25) is 4.79 Å². The van der Waals surface area contributed by atoms with E-state index in [1.165, 1.54) is 0 Å². The van der Waals surface area contributed by atoms with Crippen molar-refractivity contribution >= 4 is 11.6 Å². The van der Waals surface area contributed by atoms with Crippen LogP contribution in [0.15, 0.2) is 54.5 Å². The van der Waals surface area contributed by atoms with E-state index in [0.29, 0.717) is 12.8 Å². The van der Waals surface area contributed by atoms with Crippen molar-refractivity contribution in [3.8, 4) is 0 Å². The predicted octanol–water partition coefficient (Wildman–Crippen LogP) is 2.11. The van der Waals surface area contributed by atoms with Crippen molar-refractivity contribution in [3.63, 3.8) is 0 Å². The van der Waals surface area contributed by atoms with Crippen LogP contribution in [0.3, 0.4) is 0 Å². The number of hydrogen-bond acceptors (Lipinski definition) is 3. The molecule has 5 nitrogen and oxygen atoms in total. The van der Waals surface area contributed by atoms with Gasteiger partial charge in [0.2, 0.25) is 11.6 Å². The van der Waals surface area contributed by atoms with Gasteiger partial charge in [-0.2, -0.15) is 4.57 Å². The van der Waals surface area contributed by atoms with Crippen LogP contribution in [0.25, 0.3) is 5.70 Å². The first kappa shape index (κ1) is 16.8. The highest BCUT2D eigenvalue weighted by atomic mass is 19.3. The number of dihydropyridines is 1. The van der Waals surface area contributed by atoms with E-state index in [-0.39, 0.29) is 24.8 Å². The molecule has 1 aromatic rings. The minimum absolute atomic E-state index is 0.169. The number of pyridine rings is 1. The van der Waals surface area contributed by atoms with Crippen LogP contribution in [-0.2, 0) is 4.79 Å². The standard InChI is InChI=1S/C19H20F2N4O/c20-19(21)8-4-14(5-9-19)23-18(26)17-24-16(13-6-10-22-11-7-13)15-3-1-2-12-25(15)17/h1-3,6-7,10-12,14,17,24H,4-5,8-9H2,(H,23,26)/p+1. The Bertz CT molecular complexity index is 792. The summed E-state index contributed by atoms with van der Waals surface area (Å²) < 4.78 is 28.5. The van der Waals surface area contributed by atoms with Gasteiger partial charge in [-0.25, -0.2) is 8.78 Å². The average molecular weight is 359 g/mol. The maximum absolute atomic E-state index is 13.3. The number of nitrogens with one attached hydrogen (secondary N) is 3. The molecule has 0 spiro atoms. The number of halogens is 2. The lowest BCUT2D eigenvalue weighted by Gasteiger charge is -2.28. The molecule has 4 rings (SSSR count). The van der Waals surface area contributed by atoms with Crippen LogP contribution < -0.4 is 20.5 Å². The Kier molecular flexibility index (Phi) is 4.22. The molecule has 1 aromatic heterocycles. The highest BCUT2D eigenvalue weighted by molar-refractivity contribution is 5.83. The first-order valence-corrected chi connectivity index (χ1v) is 8.82. The maximum atomic E-state index is 13.3. The van der Waals surface area contributed by atoms with Crippen molar-refractivity contribution in [3.05, 3.63) is 60.2 Å². The van der Waals surface area contributed by atoms with Gasteiger partial charge in [-0.05, 0) is 31.1 Å². The molecule has 1 fully saturated rings. The number of hydrogen-bond donors (Lipinski definition) is 3. The summed E-state index contributed by atoms with van der Waals surface area (Å²) in [6.45, 7) is 0. The Morgan fingerprint density at radius 3 is 2.65 bits per heavy atom. The van der Waals surface area contributed by atoms with Crippen LogP contribution in [0.2, 0.25) is 0 Å². The third kappa shape index (κ3) is 3.21. The zero-order chi connectivity index (χ0) is 18.1. The number of nitrogens with zero attached hydrogens (tertiary/aromatic N) is 1. The molecule has 0 aromatic carbocycles. The Morgan fingerprint density at radius 2 is 1.92 bits per heavy atom. The molecule has 2 aliphatic heterocycles. The van der Waals surface area contributed by atoms with Gasteiger partial charge in [-0.1, -0.05) is 0 Å². The quantitative estimate of drug-likeness (QED) is 0.709. The van der Waals surface area contributed by atoms with Crippen molar-refractivity contribution in [2.75, 3.05) is 0 Å². The lowest BCUT2D eigenvalue weighted by atomic mass is 9.92. The molecule has 3 N–H and O–H groups in total. The number of amides is 1. The molecule has 7 heteroatoms. The smallest absolute Gasteiger partial charge is 0.311 e. The number of carbonyl (C=O) groups excluding carboxylic acids is 1. The van der Waals surface area contributed by atoms with Gasteiger partial charge in [0.05, 0.1) is 0 Å². The van der Waals surface area contributed by atoms with E-state index in [2.05, 4.69) is 16.0 Å². The van der Waals surface area contributed by atoms with Gasteiger partial charge in [0.15, 0.2) is 6.20 Å². The zero-order valence-corrected chi connectivity index (χ0v) is 14.2. The molecule has 3 heterocycles. The number of fused-ring (bicyclic) bond motifs is 1. The Balaban J connectivity index is 1.54. The summed E-state index contributed by atoms with van der Waals surface area (Å²) in [6, 6.07) is 5.54. The normalized spacial score (nSPS) is 24.0. The second kappa shape index (κ2) is 6.55. The summed E-state index contributed by atoms with van der Waals surface area (Å²) in [6.07, 6.45) is 9.06. The fourth-order valence-electron chi connectivity index (χ4n) is 3.61. The molecule has 136 valence electrons. The van der Waals surface area contributed by atoms with Crippen LogP contribution in [0.1, 0.15) is 37.5 Å². The number of alkyl halides is 2. The van der Waals surface area contributed by atoms with Gasteiger partial charge in [-0.15, -0.1) is 0 Å². The second-order valence-corrected chi connectivity index (χ2v) is 6.84. The van der Waals surface area contributed by atoms with Gasteiger partial charge >= 0.3 is 12.1 Å². The van der Waals surface area contributed by atoms with Crippen molar-refractivity contribution in [1.82, 2.24) is 16.0 Å². The number of carbonyl (C=O) groups is 1. The Morgan fingerprint density at radius 1 is 1.19 bits per heavy atom. The lowest BCUT2D eigenvalue weighted by Crippen LogP contribution is -2.53. The van der Waals surface area contributed by atoms with Crippen LogP contribution >= 0.6 is 0 Å². The van der Waals surface area contributed by atoms with Crippen LogP contribution in [0.5, 0.6) is 0 Å². The first-order valence-electron chi connectivity index (χ1n) is 8.82. The second-order valence-electron chi connectivity index (χ2n) is 6.84. The van der Waals surface area contributed by atoms with E-state index in [9.17, 15) is 13.6 Å². The van der Waals surface area contributed by atoms with E-state index in [1.807, 2.05) is 53.5 Å². The molecule has 1 saturated carbocycles. The minimum Gasteiger partial charge on any atom is -0.368 e. The number of aromatic nitrogens is 1. The van der Waals surface area contributed by atoms with Gasteiger partial charge in [0.1, 0.15) is 5.70 Å². The summed E-state index contributed by atoms with van der Waals surface area (Å²) in [7, 11) is 0. The van der Waals surface area contributed by atoms with E-state index in [0.717, 1.165) is 17.0 Å². The molecule has 3 aliphatic rings. The van der Waals surface area contributed by atoms with Crippen molar-refractivity contribution in [1.29, 1.82) is 0 Å². The first-order chi connectivity index (χ1) is 12.5. The molecule has 0 radical (unpaired) electrons. The number of allylic oxidation sites excluding steroid dienone is 3. The summed E-state index contributed by atoms with van der Waals surface area (Å²) in [4.78, 5) is 12.8. The highest BCUT2D eigenvalue weighted by Gasteiger charge is 2.42. The van der Waals surface area contributed by atoms with Gasteiger partial charge in [0, 0.05) is 49.0 Å². The molecular formula is C19H21F2N4O+. The summed E-state index contributed by atoms with van der Waals surface area (Å²) in [5.74, 6) is -2.80. The molecular weight excluding hydrogens is 338 g/mol. The molecule has 1 aliphatic carbocycles. The van der Waals surface area contributed by atoms with Gasteiger partial charge in [0.25, 0.3) is 0 Å². The van der Waals surface area contributed by atoms with Crippen molar-refractivity contribution in [2.45, 2.75) is 43.8 Å². The average Bonchev–Trinajstić information content (AvgIpc) is 3.04. The lowest BCUT2D eigenvalue weighted by molar-refractivity contribution is -0.705. The summed E-state index contributed by atoms with van der Waals surface area (Å²) in [5, 5.41) is 9.21. The Labute approximate surface area is 150 Å². The number of rotatable bonds is 2. The molecule has 0 saturated heterocycles. The SMILES string of the molecule is O=C(NC1CCC(F)(F)CC1)C1NC(=C2C=CNC=C2)c2cccc[n+]21. The van der Waals surface area contributed by atoms with E-state index >= 15 is 0 Å². The largest absolute Gasteiger partial charge is 0.368 e. The molecule has 1 atom stereocenters. The van der Waals surface area contributed by atoms with Crippen LogP contribution in [0, 0.1) is 0 Å². The molecule has 1 amide bonds. The van der Waals surface area contributed by atoms with Gasteiger partial charge < -0.3 is 16.0 Å². The predicted molar refractivity (Wildman–Crippen MR) is 92.5 cm³/mol. The monoisotopic (exact) mass is 359 g/mol. The fraction of sp³-hybridized carbons (Fsp3) is 0.368. The summed E-state index contributed by atoms with van der Waals surface area (Å²) in [5.41, 5.74) is 2.75. The molecule has 1 unspecified atom stereocenters. The topological polar surface area (TPSA) is 57.0 Å². The zero-order valence-electron chi connectivity index (χ0n) is 14.2. The van der Waals surface area contributed by atoms with E-state index in [4.69, 9.17) is 0 Å².